The summed E-state index contributed by atoms with van der Waals surface area (Å²) in [6, 6.07) is -0.731. The number of esters is 2. The zero-order chi connectivity index (χ0) is 10.3. The lowest BCUT2D eigenvalue weighted by atomic mass is 10.2. The van der Waals surface area contributed by atoms with Gasteiger partial charge in [-0.3, -0.25) is 4.79 Å². The van der Waals surface area contributed by atoms with Gasteiger partial charge in [-0.1, -0.05) is 6.08 Å². The predicted octanol–water partition coefficient (Wildman–Crippen LogP) is -0.394. The lowest BCUT2D eigenvalue weighted by Gasteiger charge is -2.04. The van der Waals surface area contributed by atoms with Gasteiger partial charge in [0.15, 0.2) is 0 Å². The second-order valence-corrected chi connectivity index (χ2v) is 2.29. The number of ether oxygens (including phenoxy) is 2. The van der Waals surface area contributed by atoms with E-state index in [0.717, 1.165) is 0 Å². The largest absolute Gasteiger partial charge is 0.468 e. The number of hydrogen-bond donors (Lipinski definition) is 1. The van der Waals surface area contributed by atoms with Crippen LogP contribution < -0.4 is 5.73 Å². The minimum Gasteiger partial charge on any atom is -0.468 e. The molecular formula is C8H13NO4. The number of methoxy groups -OCH3 is 2. The summed E-state index contributed by atoms with van der Waals surface area (Å²) in [6.45, 7) is 0. The summed E-state index contributed by atoms with van der Waals surface area (Å²) in [4.78, 5) is 21.3. The summed E-state index contributed by atoms with van der Waals surface area (Å²) in [6.07, 6.45) is 2.93. The van der Waals surface area contributed by atoms with Gasteiger partial charge < -0.3 is 15.2 Å². The SMILES string of the molecule is COC(=O)C=CCC(N)C(=O)OC. The molecular weight excluding hydrogens is 174 g/mol. The second kappa shape index (κ2) is 6.19. The third kappa shape index (κ3) is 4.97. The van der Waals surface area contributed by atoms with E-state index in [1.807, 2.05) is 0 Å². The Hall–Kier alpha value is -1.36. The van der Waals surface area contributed by atoms with Crippen LogP contribution in [0.15, 0.2) is 12.2 Å². The van der Waals surface area contributed by atoms with E-state index >= 15 is 0 Å². The molecule has 74 valence electrons. The third-order valence-corrected chi connectivity index (χ3v) is 1.35. The molecule has 0 amide bonds. The van der Waals surface area contributed by atoms with Gasteiger partial charge >= 0.3 is 11.9 Å². The zero-order valence-electron chi connectivity index (χ0n) is 7.65. The summed E-state index contributed by atoms with van der Waals surface area (Å²) in [5, 5.41) is 0. The Balaban J connectivity index is 3.81. The van der Waals surface area contributed by atoms with Crippen molar-refractivity contribution in [2.24, 2.45) is 5.73 Å². The van der Waals surface area contributed by atoms with E-state index in [2.05, 4.69) is 9.47 Å². The topological polar surface area (TPSA) is 78.6 Å². The molecule has 1 atom stereocenters. The lowest BCUT2D eigenvalue weighted by Crippen LogP contribution is -2.30. The molecule has 2 N–H and O–H groups in total. The third-order valence-electron chi connectivity index (χ3n) is 1.35. The molecule has 0 saturated carbocycles. The van der Waals surface area contributed by atoms with E-state index in [4.69, 9.17) is 5.73 Å². The molecule has 0 heterocycles. The Kier molecular flexibility index (Phi) is 5.54. The summed E-state index contributed by atoms with van der Waals surface area (Å²) in [5.41, 5.74) is 5.38. The molecule has 0 rings (SSSR count). The van der Waals surface area contributed by atoms with Crippen LogP contribution in [0.25, 0.3) is 0 Å². The van der Waals surface area contributed by atoms with Crippen molar-refractivity contribution in [3.05, 3.63) is 12.2 Å². The first-order chi connectivity index (χ1) is 6.11. The highest BCUT2D eigenvalue weighted by molar-refractivity contribution is 5.82. The molecule has 0 aromatic carbocycles. The zero-order valence-corrected chi connectivity index (χ0v) is 7.65. The highest BCUT2D eigenvalue weighted by Crippen LogP contribution is 1.93. The van der Waals surface area contributed by atoms with Crippen molar-refractivity contribution in [1.82, 2.24) is 0 Å². The van der Waals surface area contributed by atoms with Crippen LogP contribution in [0, 0.1) is 0 Å². The molecule has 0 saturated heterocycles. The van der Waals surface area contributed by atoms with Crippen LogP contribution in [-0.2, 0) is 19.1 Å². The number of rotatable bonds is 4. The molecule has 0 fully saturated rings. The molecule has 5 nitrogen and oxygen atoms in total. The molecule has 0 aromatic rings. The van der Waals surface area contributed by atoms with Gasteiger partial charge in [0.25, 0.3) is 0 Å². The van der Waals surface area contributed by atoms with E-state index in [1.165, 1.54) is 26.4 Å². The number of carbonyl (C=O) groups excluding carboxylic acids is 2. The van der Waals surface area contributed by atoms with Crippen LogP contribution in [0.3, 0.4) is 0 Å². The second-order valence-electron chi connectivity index (χ2n) is 2.29. The minimum absolute atomic E-state index is 0.252. The van der Waals surface area contributed by atoms with Crippen molar-refractivity contribution in [1.29, 1.82) is 0 Å². The fourth-order valence-electron chi connectivity index (χ4n) is 0.627. The normalized spacial score (nSPS) is 12.5. The fourth-order valence-corrected chi connectivity index (χ4v) is 0.627. The van der Waals surface area contributed by atoms with Crippen LogP contribution in [0.4, 0.5) is 0 Å². The molecule has 0 aliphatic rings. The Bertz CT molecular complexity index is 212. The summed E-state index contributed by atoms with van der Waals surface area (Å²) >= 11 is 0. The standard InChI is InChI=1S/C8H13NO4/c1-12-7(10)5-3-4-6(9)8(11)13-2/h3,5-6H,4,9H2,1-2H3. The Morgan fingerprint density at radius 3 is 2.46 bits per heavy atom. The monoisotopic (exact) mass is 187 g/mol. The van der Waals surface area contributed by atoms with E-state index in [0.29, 0.717) is 0 Å². The van der Waals surface area contributed by atoms with E-state index in [1.54, 1.807) is 0 Å². The highest BCUT2D eigenvalue weighted by Gasteiger charge is 2.10. The van der Waals surface area contributed by atoms with E-state index in [9.17, 15) is 9.59 Å². The maximum absolute atomic E-state index is 10.8. The Morgan fingerprint density at radius 2 is 2.00 bits per heavy atom. The van der Waals surface area contributed by atoms with Crippen molar-refractivity contribution < 1.29 is 19.1 Å². The van der Waals surface area contributed by atoms with Gasteiger partial charge in [0.1, 0.15) is 6.04 Å². The van der Waals surface area contributed by atoms with Crippen molar-refractivity contribution >= 4 is 11.9 Å². The van der Waals surface area contributed by atoms with Crippen LogP contribution in [-0.4, -0.2) is 32.2 Å². The maximum Gasteiger partial charge on any atom is 0.330 e. The van der Waals surface area contributed by atoms with Gasteiger partial charge in [0, 0.05) is 6.08 Å². The molecule has 0 spiro atoms. The van der Waals surface area contributed by atoms with Crippen LogP contribution >= 0.6 is 0 Å². The Morgan fingerprint density at radius 1 is 1.38 bits per heavy atom. The van der Waals surface area contributed by atoms with Crippen molar-refractivity contribution in [3.8, 4) is 0 Å². The number of hydrogen-bond acceptors (Lipinski definition) is 5. The van der Waals surface area contributed by atoms with Gasteiger partial charge in [0.2, 0.25) is 0 Å². The summed E-state index contributed by atoms with van der Waals surface area (Å²) in [7, 11) is 2.53. The highest BCUT2D eigenvalue weighted by atomic mass is 16.5. The van der Waals surface area contributed by atoms with Gasteiger partial charge in [-0.2, -0.15) is 0 Å². The first-order valence-electron chi connectivity index (χ1n) is 3.69. The summed E-state index contributed by atoms with van der Waals surface area (Å²) < 4.78 is 8.72. The van der Waals surface area contributed by atoms with Gasteiger partial charge in [-0.05, 0) is 6.42 Å². The van der Waals surface area contributed by atoms with E-state index < -0.39 is 18.0 Å². The minimum atomic E-state index is -0.731. The van der Waals surface area contributed by atoms with Crippen LogP contribution in [0.2, 0.25) is 0 Å². The average Bonchev–Trinajstić information content (AvgIpc) is 2.15. The molecule has 13 heavy (non-hydrogen) atoms. The predicted molar refractivity (Wildman–Crippen MR) is 45.8 cm³/mol. The molecule has 0 radical (unpaired) electrons. The molecule has 0 aliphatic heterocycles. The molecule has 5 heteroatoms. The van der Waals surface area contributed by atoms with Crippen LogP contribution in [0.1, 0.15) is 6.42 Å². The first kappa shape index (κ1) is 11.6. The van der Waals surface area contributed by atoms with Crippen molar-refractivity contribution in [3.63, 3.8) is 0 Å². The molecule has 0 aromatic heterocycles. The van der Waals surface area contributed by atoms with Gasteiger partial charge in [0.05, 0.1) is 14.2 Å². The molecule has 1 unspecified atom stereocenters. The van der Waals surface area contributed by atoms with Crippen LogP contribution in [0.5, 0.6) is 0 Å². The van der Waals surface area contributed by atoms with Gasteiger partial charge in [-0.15, -0.1) is 0 Å². The van der Waals surface area contributed by atoms with Crippen molar-refractivity contribution in [2.45, 2.75) is 12.5 Å². The number of nitrogens with two attached hydrogens (primary N) is 1. The average molecular weight is 187 g/mol. The maximum atomic E-state index is 10.8. The fraction of sp³-hybridized carbons (Fsp3) is 0.500. The molecule has 0 aliphatic carbocycles. The molecule has 0 bridgehead atoms. The smallest absolute Gasteiger partial charge is 0.330 e. The quantitative estimate of drug-likeness (QED) is 0.479. The summed E-state index contributed by atoms with van der Waals surface area (Å²) in [5.74, 6) is -0.980. The van der Waals surface area contributed by atoms with Gasteiger partial charge in [-0.25, -0.2) is 4.79 Å². The Labute approximate surface area is 76.5 Å². The lowest BCUT2D eigenvalue weighted by molar-refractivity contribution is -0.142. The first-order valence-corrected chi connectivity index (χ1v) is 3.69. The van der Waals surface area contributed by atoms with Crippen molar-refractivity contribution in [2.75, 3.05) is 14.2 Å². The van der Waals surface area contributed by atoms with E-state index in [-0.39, 0.29) is 6.42 Å². The number of carbonyl (C=O) groups is 2.